The van der Waals surface area contributed by atoms with Gasteiger partial charge >= 0.3 is 5.97 Å². The van der Waals surface area contributed by atoms with E-state index in [4.69, 9.17) is 9.84 Å². The summed E-state index contributed by atoms with van der Waals surface area (Å²) in [5.41, 5.74) is 0.873. The molecule has 1 unspecified atom stereocenters. The molecule has 1 atom stereocenters. The monoisotopic (exact) mass is 278 g/mol. The van der Waals surface area contributed by atoms with Gasteiger partial charge in [-0.05, 0) is 24.3 Å². The molecule has 0 spiro atoms. The maximum atomic E-state index is 12.1. The van der Waals surface area contributed by atoms with Crippen LogP contribution < -0.4 is 10.2 Å². The Morgan fingerprint density at radius 2 is 2.10 bits per heavy atom. The molecule has 0 aromatic heterocycles. The fourth-order valence-electron chi connectivity index (χ4n) is 2.05. The third-order valence-electron chi connectivity index (χ3n) is 3.28. The molecule has 1 aliphatic heterocycles. The molecular weight excluding hydrogens is 260 g/mol. The first-order valence-corrected chi connectivity index (χ1v) is 6.50. The van der Waals surface area contributed by atoms with Gasteiger partial charge in [-0.3, -0.25) is 4.79 Å². The molecule has 108 valence electrons. The van der Waals surface area contributed by atoms with E-state index in [-0.39, 0.29) is 17.6 Å². The molecule has 6 nitrogen and oxygen atoms in total. The summed E-state index contributed by atoms with van der Waals surface area (Å²) in [5, 5.41) is 12.0. The first kappa shape index (κ1) is 14.5. The number of anilines is 1. The fraction of sp³-hybridized carbons (Fsp3) is 0.429. The molecule has 20 heavy (non-hydrogen) atoms. The lowest BCUT2D eigenvalue weighted by atomic mass is 10.1. The van der Waals surface area contributed by atoms with Crippen molar-refractivity contribution in [2.45, 2.75) is 12.5 Å². The van der Waals surface area contributed by atoms with Crippen LogP contribution >= 0.6 is 0 Å². The zero-order valence-electron chi connectivity index (χ0n) is 11.3. The summed E-state index contributed by atoms with van der Waals surface area (Å²) in [7, 11) is 1.67. The molecule has 2 rings (SSSR count). The number of hydrogen-bond donors (Lipinski definition) is 2. The molecular formula is C14H18N2O4. The summed E-state index contributed by atoms with van der Waals surface area (Å²) in [6.45, 7) is 2.11. The van der Waals surface area contributed by atoms with Crippen LogP contribution in [-0.4, -0.2) is 49.8 Å². The molecule has 6 heteroatoms. The molecule has 1 fully saturated rings. The highest BCUT2D eigenvalue weighted by Gasteiger charge is 2.20. The number of rotatable bonds is 4. The van der Waals surface area contributed by atoms with Crippen LogP contribution in [0, 0.1) is 0 Å². The number of carbonyl (C=O) groups is 2. The van der Waals surface area contributed by atoms with Crippen molar-refractivity contribution in [2.24, 2.45) is 0 Å². The normalized spacial score (nSPS) is 18.6. The SMILES string of the molecule is CN(C(=O)CC1CNCCO1)c1ccc(C(=O)O)cc1. The number of amides is 1. The minimum absolute atomic E-state index is 0.0539. The molecule has 1 amide bonds. The molecule has 1 aliphatic rings. The summed E-state index contributed by atoms with van der Waals surface area (Å²) in [5.74, 6) is -1.03. The van der Waals surface area contributed by atoms with E-state index in [9.17, 15) is 9.59 Å². The van der Waals surface area contributed by atoms with Crippen molar-refractivity contribution in [3.63, 3.8) is 0 Å². The van der Waals surface area contributed by atoms with Crippen molar-refractivity contribution in [3.8, 4) is 0 Å². The third kappa shape index (κ3) is 3.55. The first-order valence-electron chi connectivity index (χ1n) is 6.50. The highest BCUT2D eigenvalue weighted by atomic mass is 16.5. The van der Waals surface area contributed by atoms with E-state index in [1.165, 1.54) is 17.0 Å². The Morgan fingerprint density at radius 3 is 2.65 bits per heavy atom. The van der Waals surface area contributed by atoms with Crippen LogP contribution in [0.4, 0.5) is 5.69 Å². The molecule has 0 saturated carbocycles. The Hall–Kier alpha value is -1.92. The first-order chi connectivity index (χ1) is 9.58. The van der Waals surface area contributed by atoms with Gasteiger partial charge in [0.1, 0.15) is 0 Å². The van der Waals surface area contributed by atoms with E-state index >= 15 is 0 Å². The van der Waals surface area contributed by atoms with Crippen molar-refractivity contribution in [2.75, 3.05) is 31.6 Å². The number of aromatic carboxylic acids is 1. The zero-order chi connectivity index (χ0) is 14.5. The maximum Gasteiger partial charge on any atom is 0.335 e. The van der Waals surface area contributed by atoms with Crippen molar-refractivity contribution in [1.29, 1.82) is 0 Å². The van der Waals surface area contributed by atoms with Crippen molar-refractivity contribution >= 4 is 17.6 Å². The van der Waals surface area contributed by atoms with Crippen molar-refractivity contribution < 1.29 is 19.4 Å². The topological polar surface area (TPSA) is 78.9 Å². The van der Waals surface area contributed by atoms with Crippen LogP contribution in [0.5, 0.6) is 0 Å². The van der Waals surface area contributed by atoms with Gasteiger partial charge in [-0.1, -0.05) is 0 Å². The van der Waals surface area contributed by atoms with E-state index in [0.717, 1.165) is 6.54 Å². The summed E-state index contributed by atoms with van der Waals surface area (Å²) < 4.78 is 5.50. The Labute approximate surface area is 117 Å². The second-order valence-corrected chi connectivity index (χ2v) is 4.71. The highest BCUT2D eigenvalue weighted by Crippen LogP contribution is 2.16. The Kier molecular flexibility index (Phi) is 4.70. The van der Waals surface area contributed by atoms with Crippen LogP contribution in [0.2, 0.25) is 0 Å². The number of carboxylic acid groups (broad SMARTS) is 1. The molecule has 0 radical (unpaired) electrons. The minimum Gasteiger partial charge on any atom is -0.478 e. The fourth-order valence-corrected chi connectivity index (χ4v) is 2.05. The lowest BCUT2D eigenvalue weighted by Crippen LogP contribution is -2.41. The van der Waals surface area contributed by atoms with Gasteiger partial charge in [0.25, 0.3) is 0 Å². The van der Waals surface area contributed by atoms with Crippen molar-refractivity contribution in [3.05, 3.63) is 29.8 Å². The summed E-state index contributed by atoms with van der Waals surface area (Å²) in [6.07, 6.45) is 0.210. The largest absolute Gasteiger partial charge is 0.478 e. The predicted octanol–water partition coefficient (Wildman–Crippen LogP) is 0.726. The van der Waals surface area contributed by atoms with Crippen LogP contribution in [0.15, 0.2) is 24.3 Å². The zero-order valence-corrected chi connectivity index (χ0v) is 11.3. The summed E-state index contributed by atoms with van der Waals surface area (Å²) >= 11 is 0. The van der Waals surface area contributed by atoms with Crippen LogP contribution in [0.25, 0.3) is 0 Å². The Bertz CT molecular complexity index is 480. The van der Waals surface area contributed by atoms with E-state index in [2.05, 4.69) is 5.32 Å². The predicted molar refractivity (Wildman–Crippen MR) is 74.0 cm³/mol. The molecule has 2 N–H and O–H groups in total. The molecule has 0 bridgehead atoms. The second-order valence-electron chi connectivity index (χ2n) is 4.71. The number of morpholine rings is 1. The minimum atomic E-state index is -0.979. The Morgan fingerprint density at radius 1 is 1.40 bits per heavy atom. The van der Waals surface area contributed by atoms with E-state index < -0.39 is 5.97 Å². The Balaban J connectivity index is 1.96. The average molecular weight is 278 g/mol. The van der Waals surface area contributed by atoms with Gasteiger partial charge in [-0.25, -0.2) is 4.79 Å². The van der Waals surface area contributed by atoms with Crippen LogP contribution in [-0.2, 0) is 9.53 Å². The van der Waals surface area contributed by atoms with E-state index in [1.54, 1.807) is 19.2 Å². The van der Waals surface area contributed by atoms with Gasteiger partial charge in [-0.2, -0.15) is 0 Å². The van der Waals surface area contributed by atoms with Gasteiger partial charge in [0.05, 0.1) is 24.7 Å². The molecule has 0 aliphatic carbocycles. The number of benzene rings is 1. The quantitative estimate of drug-likeness (QED) is 0.848. The number of nitrogens with zero attached hydrogens (tertiary/aromatic N) is 1. The highest BCUT2D eigenvalue weighted by molar-refractivity contribution is 5.94. The molecule has 1 aromatic rings. The van der Waals surface area contributed by atoms with E-state index in [1.807, 2.05) is 0 Å². The number of ether oxygens (including phenoxy) is 1. The van der Waals surface area contributed by atoms with Gasteiger partial charge in [-0.15, -0.1) is 0 Å². The van der Waals surface area contributed by atoms with Crippen LogP contribution in [0.1, 0.15) is 16.8 Å². The number of carbonyl (C=O) groups excluding carboxylic acids is 1. The summed E-state index contributed by atoms with van der Waals surface area (Å²) in [4.78, 5) is 24.4. The number of carboxylic acids is 1. The molecule has 1 aromatic carbocycles. The number of nitrogens with one attached hydrogen (secondary N) is 1. The van der Waals surface area contributed by atoms with Crippen LogP contribution in [0.3, 0.4) is 0 Å². The van der Waals surface area contributed by atoms with Gasteiger partial charge in [0.15, 0.2) is 0 Å². The molecule has 1 heterocycles. The smallest absolute Gasteiger partial charge is 0.335 e. The lowest BCUT2D eigenvalue weighted by molar-refractivity contribution is -0.121. The van der Waals surface area contributed by atoms with Gasteiger partial charge in [0.2, 0.25) is 5.91 Å². The standard InChI is InChI=1S/C14H18N2O4/c1-16(11-4-2-10(3-5-11)14(18)19)13(17)8-12-9-15-6-7-20-12/h2-5,12,15H,6-9H2,1H3,(H,18,19). The number of hydrogen-bond acceptors (Lipinski definition) is 4. The maximum absolute atomic E-state index is 12.1. The van der Waals surface area contributed by atoms with Crippen molar-refractivity contribution in [1.82, 2.24) is 5.32 Å². The summed E-state index contributed by atoms with van der Waals surface area (Å²) in [6, 6.07) is 6.23. The second kappa shape index (κ2) is 6.49. The lowest BCUT2D eigenvalue weighted by Gasteiger charge is -2.25. The third-order valence-corrected chi connectivity index (χ3v) is 3.28. The van der Waals surface area contributed by atoms with Gasteiger partial charge < -0.3 is 20.1 Å². The van der Waals surface area contributed by atoms with E-state index in [0.29, 0.717) is 25.3 Å². The van der Waals surface area contributed by atoms with Gasteiger partial charge in [0, 0.05) is 25.8 Å². The molecule has 1 saturated heterocycles. The average Bonchev–Trinajstić information content (AvgIpc) is 2.47.